The first kappa shape index (κ1) is 14.8. The summed E-state index contributed by atoms with van der Waals surface area (Å²) in [5.74, 6) is 0.782. The quantitative estimate of drug-likeness (QED) is 0.817. The van der Waals surface area contributed by atoms with Gasteiger partial charge in [-0.15, -0.1) is 0 Å². The number of primary amides is 1. The van der Waals surface area contributed by atoms with Crippen LogP contribution in [0, 0.1) is 11.8 Å². The van der Waals surface area contributed by atoms with Gasteiger partial charge in [-0.2, -0.15) is 0 Å². The lowest BCUT2D eigenvalue weighted by Gasteiger charge is -2.27. The van der Waals surface area contributed by atoms with Gasteiger partial charge in [0.2, 0.25) is 5.91 Å². The number of likely N-dealkylation sites (tertiary alicyclic amines) is 2. The van der Waals surface area contributed by atoms with E-state index in [0.29, 0.717) is 12.1 Å². The Kier molecular flexibility index (Phi) is 4.85. The third-order valence-electron chi connectivity index (χ3n) is 4.97. The average molecular weight is 267 g/mol. The zero-order chi connectivity index (χ0) is 14.0. The molecule has 19 heavy (non-hydrogen) atoms. The van der Waals surface area contributed by atoms with Crippen LogP contribution < -0.4 is 5.73 Å². The first-order chi connectivity index (χ1) is 8.97. The summed E-state index contributed by atoms with van der Waals surface area (Å²) >= 11 is 0. The van der Waals surface area contributed by atoms with Gasteiger partial charge in [-0.3, -0.25) is 9.69 Å². The maximum absolute atomic E-state index is 11.2. The van der Waals surface area contributed by atoms with Crippen molar-refractivity contribution in [3.8, 4) is 0 Å². The van der Waals surface area contributed by atoms with Gasteiger partial charge < -0.3 is 10.6 Å². The molecular formula is C15H29N3O. The van der Waals surface area contributed by atoms with Crippen LogP contribution in [0.15, 0.2) is 0 Å². The van der Waals surface area contributed by atoms with Crippen molar-refractivity contribution < 1.29 is 4.79 Å². The molecule has 0 aromatic rings. The van der Waals surface area contributed by atoms with Crippen molar-refractivity contribution in [1.29, 1.82) is 0 Å². The fourth-order valence-corrected chi connectivity index (χ4v) is 3.58. The summed E-state index contributed by atoms with van der Waals surface area (Å²) in [7, 11) is 0. The lowest BCUT2D eigenvalue weighted by molar-refractivity contribution is -0.121. The molecule has 0 saturated carbocycles. The Bertz CT molecular complexity index is 319. The van der Waals surface area contributed by atoms with Gasteiger partial charge in [0.25, 0.3) is 0 Å². The maximum Gasteiger partial charge on any atom is 0.221 e. The van der Waals surface area contributed by atoms with Gasteiger partial charge in [0.15, 0.2) is 0 Å². The van der Waals surface area contributed by atoms with Gasteiger partial charge in [0.05, 0.1) is 5.92 Å². The second-order valence-corrected chi connectivity index (χ2v) is 6.71. The number of carbonyl (C=O) groups excluding carboxylic acids is 1. The van der Waals surface area contributed by atoms with Crippen LogP contribution in [0.25, 0.3) is 0 Å². The predicted octanol–water partition coefficient (Wildman–Crippen LogP) is 1.30. The number of hydrogen-bond donors (Lipinski definition) is 1. The van der Waals surface area contributed by atoms with Gasteiger partial charge >= 0.3 is 0 Å². The largest absolute Gasteiger partial charge is 0.369 e. The smallest absolute Gasteiger partial charge is 0.221 e. The molecule has 3 atom stereocenters. The van der Waals surface area contributed by atoms with Crippen LogP contribution in [-0.4, -0.2) is 54.0 Å². The van der Waals surface area contributed by atoms with Gasteiger partial charge in [-0.05, 0) is 59.0 Å². The summed E-state index contributed by atoms with van der Waals surface area (Å²) in [5, 5.41) is 0. The molecule has 0 aliphatic carbocycles. The Morgan fingerprint density at radius 2 is 1.84 bits per heavy atom. The third kappa shape index (κ3) is 3.69. The van der Waals surface area contributed by atoms with E-state index in [4.69, 9.17) is 5.73 Å². The SMILES string of the molecule is CC(C)N1CCC(CC(C)N2CCC(C(N)=O)C2)C1. The van der Waals surface area contributed by atoms with E-state index in [1.165, 1.54) is 25.9 Å². The van der Waals surface area contributed by atoms with Crippen LogP contribution in [-0.2, 0) is 4.79 Å². The fourth-order valence-electron chi connectivity index (χ4n) is 3.58. The molecule has 3 unspecified atom stereocenters. The molecule has 2 heterocycles. The Morgan fingerprint density at radius 3 is 2.37 bits per heavy atom. The molecule has 2 saturated heterocycles. The van der Waals surface area contributed by atoms with Crippen molar-refractivity contribution in [3.63, 3.8) is 0 Å². The molecule has 2 rings (SSSR count). The second-order valence-electron chi connectivity index (χ2n) is 6.71. The highest BCUT2D eigenvalue weighted by Gasteiger charge is 2.32. The molecule has 4 heteroatoms. The van der Waals surface area contributed by atoms with Crippen molar-refractivity contribution in [1.82, 2.24) is 9.80 Å². The third-order valence-corrected chi connectivity index (χ3v) is 4.97. The van der Waals surface area contributed by atoms with Gasteiger partial charge in [-0.1, -0.05) is 0 Å². The van der Waals surface area contributed by atoms with E-state index in [0.717, 1.165) is 25.4 Å². The number of nitrogens with zero attached hydrogens (tertiary/aromatic N) is 2. The summed E-state index contributed by atoms with van der Waals surface area (Å²) in [4.78, 5) is 16.2. The minimum Gasteiger partial charge on any atom is -0.369 e. The van der Waals surface area contributed by atoms with Crippen molar-refractivity contribution in [3.05, 3.63) is 0 Å². The zero-order valence-electron chi connectivity index (χ0n) is 12.6. The summed E-state index contributed by atoms with van der Waals surface area (Å²) < 4.78 is 0. The molecule has 0 aromatic heterocycles. The minimum atomic E-state index is -0.124. The molecule has 0 radical (unpaired) electrons. The van der Waals surface area contributed by atoms with Crippen LogP contribution in [0.1, 0.15) is 40.0 Å². The van der Waals surface area contributed by atoms with E-state index in [-0.39, 0.29) is 11.8 Å². The first-order valence-electron chi connectivity index (χ1n) is 7.74. The molecule has 2 fully saturated rings. The van der Waals surface area contributed by atoms with Crippen molar-refractivity contribution >= 4 is 5.91 Å². The van der Waals surface area contributed by atoms with E-state index in [1.807, 2.05) is 0 Å². The number of hydrogen-bond acceptors (Lipinski definition) is 3. The molecule has 4 nitrogen and oxygen atoms in total. The summed E-state index contributed by atoms with van der Waals surface area (Å²) in [6.07, 6.45) is 3.53. The summed E-state index contributed by atoms with van der Waals surface area (Å²) in [6.45, 7) is 11.3. The van der Waals surface area contributed by atoms with Crippen molar-refractivity contribution in [2.75, 3.05) is 26.2 Å². The van der Waals surface area contributed by atoms with E-state index in [1.54, 1.807) is 0 Å². The highest BCUT2D eigenvalue weighted by Crippen LogP contribution is 2.27. The monoisotopic (exact) mass is 267 g/mol. The van der Waals surface area contributed by atoms with Gasteiger partial charge in [0, 0.05) is 25.2 Å². The van der Waals surface area contributed by atoms with Crippen molar-refractivity contribution in [2.45, 2.75) is 52.1 Å². The van der Waals surface area contributed by atoms with Crippen LogP contribution in [0.5, 0.6) is 0 Å². The molecule has 2 N–H and O–H groups in total. The Morgan fingerprint density at radius 1 is 1.16 bits per heavy atom. The molecule has 1 amide bonds. The van der Waals surface area contributed by atoms with Crippen LogP contribution in [0.3, 0.4) is 0 Å². The predicted molar refractivity (Wildman–Crippen MR) is 77.8 cm³/mol. The Hall–Kier alpha value is -0.610. The highest BCUT2D eigenvalue weighted by molar-refractivity contribution is 5.77. The first-order valence-corrected chi connectivity index (χ1v) is 7.74. The zero-order valence-corrected chi connectivity index (χ0v) is 12.6. The molecule has 2 aliphatic heterocycles. The molecular weight excluding hydrogens is 238 g/mol. The molecule has 0 aromatic carbocycles. The van der Waals surface area contributed by atoms with Crippen LogP contribution in [0.4, 0.5) is 0 Å². The van der Waals surface area contributed by atoms with Crippen LogP contribution in [0.2, 0.25) is 0 Å². The normalized spacial score (nSPS) is 31.2. The lowest BCUT2D eigenvalue weighted by Crippen LogP contribution is -2.35. The van der Waals surface area contributed by atoms with Gasteiger partial charge in [0.1, 0.15) is 0 Å². The molecule has 2 aliphatic rings. The lowest BCUT2D eigenvalue weighted by atomic mass is 9.99. The van der Waals surface area contributed by atoms with Crippen LogP contribution >= 0.6 is 0 Å². The van der Waals surface area contributed by atoms with Gasteiger partial charge in [-0.25, -0.2) is 0 Å². The second kappa shape index (κ2) is 6.23. The summed E-state index contributed by atoms with van der Waals surface area (Å²) in [6, 6.07) is 1.26. The number of rotatable bonds is 5. The summed E-state index contributed by atoms with van der Waals surface area (Å²) in [5.41, 5.74) is 5.40. The number of nitrogens with two attached hydrogens (primary N) is 1. The fraction of sp³-hybridized carbons (Fsp3) is 0.933. The average Bonchev–Trinajstić information content (AvgIpc) is 2.96. The van der Waals surface area contributed by atoms with Crippen molar-refractivity contribution in [2.24, 2.45) is 17.6 Å². The standard InChI is InChI=1S/C15H29N3O/c1-11(2)17-6-4-13(9-17)8-12(3)18-7-5-14(10-18)15(16)19/h11-14H,4-10H2,1-3H3,(H2,16,19). The molecule has 110 valence electrons. The number of carbonyl (C=O) groups is 1. The molecule has 0 bridgehead atoms. The number of amides is 1. The topological polar surface area (TPSA) is 49.6 Å². The Balaban J connectivity index is 1.76. The minimum absolute atomic E-state index is 0.0817. The highest BCUT2D eigenvalue weighted by atomic mass is 16.1. The van der Waals surface area contributed by atoms with E-state index in [2.05, 4.69) is 30.6 Å². The van der Waals surface area contributed by atoms with E-state index >= 15 is 0 Å². The van der Waals surface area contributed by atoms with E-state index < -0.39 is 0 Å². The van der Waals surface area contributed by atoms with E-state index in [9.17, 15) is 4.79 Å². The Labute approximate surface area is 117 Å². The maximum atomic E-state index is 11.2. The molecule has 0 spiro atoms.